The number of anilines is 1. The van der Waals surface area contributed by atoms with Gasteiger partial charge in [0.1, 0.15) is 11.3 Å². The van der Waals surface area contributed by atoms with Gasteiger partial charge < -0.3 is 20.1 Å². The van der Waals surface area contributed by atoms with Gasteiger partial charge >= 0.3 is 12.0 Å². The first-order chi connectivity index (χ1) is 9.32. The number of likely N-dealkylation sites (N-methyl/N-ethyl adjacent to an activating group) is 1. The number of hydrogen-bond acceptors (Lipinski definition) is 3. The van der Waals surface area contributed by atoms with E-state index in [2.05, 4.69) is 5.32 Å². The summed E-state index contributed by atoms with van der Waals surface area (Å²) in [4.78, 5) is 24.7. The maximum atomic E-state index is 12.2. The molecule has 0 aliphatic rings. The van der Waals surface area contributed by atoms with Crippen LogP contribution in [0.2, 0.25) is 0 Å². The molecule has 20 heavy (non-hydrogen) atoms. The quantitative estimate of drug-likeness (QED) is 0.868. The predicted molar refractivity (Wildman–Crippen MR) is 76.1 cm³/mol. The standard InChI is InChI=1S/C14H20N2O4/c1-5-16(14(2,3)12(17)18)13(19)15-10-6-8-11(20-4)9-7-10/h6-9H,5H2,1-4H3,(H,15,19)(H,17,18). The van der Waals surface area contributed by atoms with Crippen LogP contribution in [0.15, 0.2) is 24.3 Å². The number of urea groups is 1. The monoisotopic (exact) mass is 280 g/mol. The summed E-state index contributed by atoms with van der Waals surface area (Å²) in [5.41, 5.74) is -0.693. The van der Waals surface area contributed by atoms with Crippen molar-refractivity contribution >= 4 is 17.7 Å². The molecule has 2 N–H and O–H groups in total. The average Bonchev–Trinajstić information content (AvgIpc) is 2.39. The van der Waals surface area contributed by atoms with Gasteiger partial charge in [-0.15, -0.1) is 0 Å². The number of ether oxygens (including phenoxy) is 1. The van der Waals surface area contributed by atoms with Gasteiger partial charge in [0.05, 0.1) is 7.11 Å². The Bertz CT molecular complexity index is 482. The van der Waals surface area contributed by atoms with Crippen LogP contribution in [-0.2, 0) is 4.79 Å². The minimum atomic E-state index is -1.27. The zero-order valence-corrected chi connectivity index (χ0v) is 12.1. The Labute approximate surface area is 118 Å². The van der Waals surface area contributed by atoms with Crippen molar-refractivity contribution in [2.75, 3.05) is 19.0 Å². The van der Waals surface area contributed by atoms with Gasteiger partial charge in [-0.3, -0.25) is 0 Å². The SMILES string of the molecule is CCN(C(=O)Nc1ccc(OC)cc1)C(C)(C)C(=O)O. The molecule has 0 fully saturated rings. The molecule has 6 heteroatoms. The average molecular weight is 280 g/mol. The van der Waals surface area contributed by atoms with Crippen LogP contribution in [0.3, 0.4) is 0 Å². The number of carboxylic acid groups (broad SMARTS) is 1. The summed E-state index contributed by atoms with van der Waals surface area (Å²) in [6, 6.07) is 6.36. The van der Waals surface area contributed by atoms with Crippen LogP contribution in [-0.4, -0.2) is 41.2 Å². The highest BCUT2D eigenvalue weighted by atomic mass is 16.5. The number of carboxylic acids is 1. The Kier molecular flexibility index (Phi) is 4.96. The summed E-state index contributed by atoms with van der Waals surface area (Å²) in [6.07, 6.45) is 0. The summed E-state index contributed by atoms with van der Waals surface area (Å²) in [5, 5.41) is 11.9. The molecule has 0 bridgehead atoms. The molecular formula is C14H20N2O4. The van der Waals surface area contributed by atoms with Crippen molar-refractivity contribution in [3.8, 4) is 5.75 Å². The van der Waals surface area contributed by atoms with Crippen molar-refractivity contribution in [2.45, 2.75) is 26.3 Å². The van der Waals surface area contributed by atoms with E-state index in [1.807, 2.05) is 0 Å². The van der Waals surface area contributed by atoms with Crippen molar-refractivity contribution in [2.24, 2.45) is 0 Å². The summed E-state index contributed by atoms with van der Waals surface area (Å²) >= 11 is 0. The molecule has 0 saturated carbocycles. The van der Waals surface area contributed by atoms with Gasteiger partial charge in [-0.05, 0) is 45.0 Å². The van der Waals surface area contributed by atoms with Crippen molar-refractivity contribution in [3.63, 3.8) is 0 Å². The van der Waals surface area contributed by atoms with Crippen LogP contribution in [0.5, 0.6) is 5.75 Å². The molecule has 110 valence electrons. The van der Waals surface area contributed by atoms with E-state index in [1.54, 1.807) is 38.3 Å². The number of benzene rings is 1. The van der Waals surface area contributed by atoms with E-state index in [9.17, 15) is 14.7 Å². The van der Waals surface area contributed by atoms with Crippen LogP contribution >= 0.6 is 0 Å². The highest BCUT2D eigenvalue weighted by Crippen LogP contribution is 2.19. The number of carbonyl (C=O) groups is 2. The van der Waals surface area contributed by atoms with E-state index >= 15 is 0 Å². The van der Waals surface area contributed by atoms with Gasteiger partial charge in [0, 0.05) is 12.2 Å². The lowest BCUT2D eigenvalue weighted by Gasteiger charge is -2.34. The number of hydrogen-bond donors (Lipinski definition) is 2. The van der Waals surface area contributed by atoms with Crippen LogP contribution in [0.25, 0.3) is 0 Å². The third-order valence-corrected chi connectivity index (χ3v) is 3.10. The number of methoxy groups -OCH3 is 1. The van der Waals surface area contributed by atoms with E-state index in [4.69, 9.17) is 4.74 Å². The summed E-state index contributed by atoms with van der Waals surface area (Å²) in [6.45, 7) is 5.01. The molecule has 1 aromatic rings. The lowest BCUT2D eigenvalue weighted by atomic mass is 10.0. The van der Waals surface area contributed by atoms with E-state index in [0.717, 1.165) is 0 Å². The fourth-order valence-electron chi connectivity index (χ4n) is 1.77. The minimum Gasteiger partial charge on any atom is -0.497 e. The maximum Gasteiger partial charge on any atom is 0.329 e. The molecule has 0 aliphatic heterocycles. The van der Waals surface area contributed by atoms with E-state index in [0.29, 0.717) is 18.0 Å². The number of nitrogens with zero attached hydrogens (tertiary/aromatic N) is 1. The second kappa shape index (κ2) is 6.27. The smallest absolute Gasteiger partial charge is 0.329 e. The second-order valence-corrected chi connectivity index (χ2v) is 4.77. The molecule has 0 aliphatic carbocycles. The largest absolute Gasteiger partial charge is 0.497 e. The molecule has 0 aromatic heterocycles. The van der Waals surface area contributed by atoms with E-state index in [-0.39, 0.29) is 0 Å². The Hall–Kier alpha value is -2.24. The van der Waals surface area contributed by atoms with Crippen LogP contribution in [0.4, 0.5) is 10.5 Å². The molecule has 0 unspecified atom stereocenters. The Balaban J connectivity index is 2.84. The van der Waals surface area contributed by atoms with Gasteiger partial charge in [0.15, 0.2) is 0 Å². The highest BCUT2D eigenvalue weighted by Gasteiger charge is 2.36. The first kappa shape index (κ1) is 15.8. The third kappa shape index (κ3) is 3.40. The molecule has 1 rings (SSSR count). The van der Waals surface area contributed by atoms with Crippen molar-refractivity contribution in [1.29, 1.82) is 0 Å². The van der Waals surface area contributed by atoms with Crippen LogP contribution in [0.1, 0.15) is 20.8 Å². The number of nitrogens with one attached hydrogen (secondary N) is 1. The molecule has 0 atom stereocenters. The molecule has 1 aromatic carbocycles. The number of amides is 2. The first-order valence-electron chi connectivity index (χ1n) is 6.29. The highest BCUT2D eigenvalue weighted by molar-refractivity contribution is 5.93. The van der Waals surface area contributed by atoms with E-state index in [1.165, 1.54) is 18.7 Å². The van der Waals surface area contributed by atoms with Crippen molar-refractivity contribution < 1.29 is 19.4 Å². The molecule has 0 heterocycles. The molecular weight excluding hydrogens is 260 g/mol. The second-order valence-electron chi connectivity index (χ2n) is 4.77. The van der Waals surface area contributed by atoms with Gasteiger partial charge in [0.25, 0.3) is 0 Å². The molecule has 6 nitrogen and oxygen atoms in total. The maximum absolute atomic E-state index is 12.2. The predicted octanol–water partition coefficient (Wildman–Crippen LogP) is 2.41. The van der Waals surface area contributed by atoms with Crippen LogP contribution in [0, 0.1) is 0 Å². The summed E-state index contributed by atoms with van der Waals surface area (Å²) in [5.74, 6) is -0.370. The first-order valence-corrected chi connectivity index (χ1v) is 6.29. The lowest BCUT2D eigenvalue weighted by Crippen LogP contribution is -2.54. The Morgan fingerprint density at radius 1 is 1.30 bits per heavy atom. The zero-order valence-electron chi connectivity index (χ0n) is 12.1. The molecule has 0 radical (unpaired) electrons. The van der Waals surface area contributed by atoms with Gasteiger partial charge in [-0.1, -0.05) is 0 Å². The fraction of sp³-hybridized carbons (Fsp3) is 0.429. The molecule has 2 amide bonds. The molecule has 0 spiro atoms. The number of carbonyl (C=O) groups excluding carboxylic acids is 1. The fourth-order valence-corrected chi connectivity index (χ4v) is 1.77. The third-order valence-electron chi connectivity index (χ3n) is 3.10. The Morgan fingerprint density at radius 2 is 1.85 bits per heavy atom. The molecule has 0 saturated heterocycles. The number of rotatable bonds is 5. The van der Waals surface area contributed by atoms with Crippen LogP contribution < -0.4 is 10.1 Å². The Morgan fingerprint density at radius 3 is 2.25 bits per heavy atom. The normalized spacial score (nSPS) is 10.8. The minimum absolute atomic E-state index is 0.293. The lowest BCUT2D eigenvalue weighted by molar-refractivity contribution is -0.147. The number of aliphatic carboxylic acids is 1. The summed E-state index contributed by atoms with van der Waals surface area (Å²) < 4.78 is 5.03. The van der Waals surface area contributed by atoms with Gasteiger partial charge in [-0.25, -0.2) is 9.59 Å². The van der Waals surface area contributed by atoms with Gasteiger partial charge in [-0.2, -0.15) is 0 Å². The topological polar surface area (TPSA) is 78.9 Å². The van der Waals surface area contributed by atoms with Gasteiger partial charge in [0.2, 0.25) is 0 Å². The van der Waals surface area contributed by atoms with Crippen molar-refractivity contribution in [3.05, 3.63) is 24.3 Å². The summed E-state index contributed by atoms with van der Waals surface area (Å²) in [7, 11) is 1.56. The van der Waals surface area contributed by atoms with E-state index < -0.39 is 17.5 Å². The zero-order chi connectivity index (χ0) is 15.3. The van der Waals surface area contributed by atoms with Crippen molar-refractivity contribution in [1.82, 2.24) is 4.90 Å².